The Morgan fingerprint density at radius 1 is 1.35 bits per heavy atom. The number of nitrogens with two attached hydrogens (primary N) is 1. The first kappa shape index (κ1) is 10.4. The van der Waals surface area contributed by atoms with Crippen LogP contribution in [0.25, 0.3) is 22.4 Å². The molecule has 0 aliphatic carbocycles. The first-order valence-electron chi connectivity index (χ1n) is 4.50. The number of nitrogens with one attached hydrogen (secondary N) is 1. The average Bonchev–Trinajstić information content (AvgIpc) is 2.96. The van der Waals surface area contributed by atoms with Gasteiger partial charge in [-0.15, -0.1) is 16.4 Å². The molecule has 0 aromatic carbocycles. The van der Waals surface area contributed by atoms with Gasteiger partial charge in [-0.2, -0.15) is 9.97 Å². The van der Waals surface area contributed by atoms with E-state index in [2.05, 4.69) is 41.3 Å². The summed E-state index contributed by atoms with van der Waals surface area (Å²) in [7, 11) is 0. The van der Waals surface area contributed by atoms with Crippen molar-refractivity contribution in [3.63, 3.8) is 0 Å². The van der Waals surface area contributed by atoms with Crippen molar-refractivity contribution >= 4 is 33.2 Å². The van der Waals surface area contributed by atoms with E-state index in [9.17, 15) is 0 Å². The summed E-state index contributed by atoms with van der Waals surface area (Å²) in [5.41, 5.74) is 5.39. The second-order valence-corrected chi connectivity index (χ2v) is 5.53. The van der Waals surface area contributed by atoms with Crippen molar-refractivity contribution in [2.75, 3.05) is 5.73 Å². The standard InChI is InChI=1S/C8H5BrN6OS/c9-4-2-1-3(17-4)5-11-7(16-15-5)6-12-8(10)14-13-6/h1-2H,(H3,10,12,13,14). The van der Waals surface area contributed by atoms with Crippen molar-refractivity contribution in [2.45, 2.75) is 0 Å². The molecule has 0 saturated heterocycles. The molecule has 0 unspecified atom stereocenters. The molecule has 0 fully saturated rings. The SMILES string of the molecule is Nc1n[nH]c(-c2nc(-c3ccc(Br)s3)no2)n1. The minimum Gasteiger partial charge on any atom is -0.366 e. The van der Waals surface area contributed by atoms with Crippen molar-refractivity contribution in [1.29, 1.82) is 0 Å². The van der Waals surface area contributed by atoms with Crippen LogP contribution in [0, 0.1) is 0 Å². The van der Waals surface area contributed by atoms with Crippen LogP contribution >= 0.6 is 27.3 Å². The number of halogens is 1. The quantitative estimate of drug-likeness (QED) is 0.748. The number of hydrogen-bond donors (Lipinski definition) is 2. The Labute approximate surface area is 107 Å². The number of nitrogen functional groups attached to an aromatic ring is 1. The Balaban J connectivity index is 1.98. The zero-order valence-corrected chi connectivity index (χ0v) is 10.6. The molecular weight excluding hydrogens is 308 g/mol. The maximum Gasteiger partial charge on any atom is 0.295 e. The number of thiophene rings is 1. The van der Waals surface area contributed by atoms with Crippen LogP contribution in [0.3, 0.4) is 0 Å². The van der Waals surface area contributed by atoms with E-state index < -0.39 is 0 Å². The van der Waals surface area contributed by atoms with Crippen LogP contribution in [0.15, 0.2) is 20.4 Å². The molecule has 0 spiro atoms. The van der Waals surface area contributed by atoms with Gasteiger partial charge in [-0.25, -0.2) is 0 Å². The van der Waals surface area contributed by atoms with E-state index in [1.54, 1.807) is 0 Å². The lowest BCUT2D eigenvalue weighted by atomic mass is 10.4. The summed E-state index contributed by atoms with van der Waals surface area (Å²) in [6.45, 7) is 0. The third-order valence-corrected chi connectivity index (χ3v) is 3.54. The molecular formula is C8H5BrN6OS. The molecule has 7 nitrogen and oxygen atoms in total. The van der Waals surface area contributed by atoms with Crippen LogP contribution in [-0.2, 0) is 0 Å². The molecule has 9 heteroatoms. The van der Waals surface area contributed by atoms with E-state index in [0.29, 0.717) is 11.6 Å². The topological polar surface area (TPSA) is 107 Å². The molecule has 86 valence electrons. The summed E-state index contributed by atoms with van der Waals surface area (Å²) in [5, 5.41) is 10.2. The number of H-pyrrole nitrogens is 1. The predicted octanol–water partition coefficient (Wildman–Crippen LogP) is 1.93. The minimum absolute atomic E-state index is 0.138. The first-order valence-corrected chi connectivity index (χ1v) is 6.11. The van der Waals surface area contributed by atoms with E-state index in [0.717, 1.165) is 8.66 Å². The number of rotatable bonds is 2. The second kappa shape index (κ2) is 3.93. The lowest BCUT2D eigenvalue weighted by Crippen LogP contribution is -1.85. The first-order chi connectivity index (χ1) is 8.22. The van der Waals surface area contributed by atoms with E-state index in [4.69, 9.17) is 10.3 Å². The van der Waals surface area contributed by atoms with Crippen molar-refractivity contribution in [3.8, 4) is 22.4 Å². The van der Waals surface area contributed by atoms with Crippen molar-refractivity contribution < 1.29 is 4.52 Å². The molecule has 0 radical (unpaired) electrons. The third kappa shape index (κ3) is 1.94. The van der Waals surface area contributed by atoms with Crippen molar-refractivity contribution in [3.05, 3.63) is 15.9 Å². The van der Waals surface area contributed by atoms with Crippen LogP contribution < -0.4 is 5.73 Å². The Kier molecular flexibility index (Phi) is 2.41. The Morgan fingerprint density at radius 3 is 2.88 bits per heavy atom. The van der Waals surface area contributed by atoms with Gasteiger partial charge in [0.2, 0.25) is 17.6 Å². The monoisotopic (exact) mass is 312 g/mol. The zero-order chi connectivity index (χ0) is 11.8. The third-order valence-electron chi connectivity index (χ3n) is 1.92. The van der Waals surface area contributed by atoms with Gasteiger partial charge in [0.05, 0.1) is 8.66 Å². The fraction of sp³-hybridized carbons (Fsp3) is 0. The molecule has 3 rings (SSSR count). The van der Waals surface area contributed by atoms with Crippen molar-refractivity contribution in [1.82, 2.24) is 25.3 Å². The normalized spacial score (nSPS) is 10.9. The van der Waals surface area contributed by atoms with E-state index in [1.807, 2.05) is 12.1 Å². The predicted molar refractivity (Wildman–Crippen MR) is 65.1 cm³/mol. The molecule has 3 aromatic heterocycles. The van der Waals surface area contributed by atoms with Gasteiger partial charge in [-0.1, -0.05) is 5.16 Å². The highest BCUT2D eigenvalue weighted by Crippen LogP contribution is 2.30. The zero-order valence-electron chi connectivity index (χ0n) is 8.22. The lowest BCUT2D eigenvalue weighted by Gasteiger charge is -1.83. The van der Waals surface area contributed by atoms with Crippen LogP contribution in [0.4, 0.5) is 5.95 Å². The molecule has 0 aliphatic heterocycles. The number of aromatic nitrogens is 5. The van der Waals surface area contributed by atoms with Crippen molar-refractivity contribution in [2.24, 2.45) is 0 Å². The van der Waals surface area contributed by atoms with Gasteiger partial charge in [0.1, 0.15) is 0 Å². The summed E-state index contributed by atoms with van der Waals surface area (Å²) in [6.07, 6.45) is 0. The minimum atomic E-state index is 0.138. The van der Waals surface area contributed by atoms with E-state index in [-0.39, 0.29) is 11.8 Å². The van der Waals surface area contributed by atoms with Gasteiger partial charge >= 0.3 is 0 Å². The Bertz CT molecular complexity index is 604. The van der Waals surface area contributed by atoms with Gasteiger partial charge in [0.15, 0.2) is 0 Å². The maximum absolute atomic E-state index is 5.39. The molecule has 0 aliphatic rings. The number of nitrogens with zero attached hydrogens (tertiary/aromatic N) is 4. The molecule has 17 heavy (non-hydrogen) atoms. The van der Waals surface area contributed by atoms with Gasteiger partial charge in [-0.3, -0.25) is 5.10 Å². The fourth-order valence-corrected chi connectivity index (χ4v) is 2.54. The highest BCUT2D eigenvalue weighted by molar-refractivity contribution is 9.11. The summed E-state index contributed by atoms with van der Waals surface area (Å²) in [6, 6.07) is 3.82. The highest BCUT2D eigenvalue weighted by atomic mass is 79.9. The van der Waals surface area contributed by atoms with E-state index in [1.165, 1.54) is 11.3 Å². The fourth-order valence-electron chi connectivity index (χ4n) is 1.22. The molecule has 0 atom stereocenters. The van der Waals surface area contributed by atoms with Gasteiger partial charge in [-0.05, 0) is 28.1 Å². The molecule has 3 N–H and O–H groups in total. The summed E-state index contributed by atoms with van der Waals surface area (Å²) < 4.78 is 6.07. The summed E-state index contributed by atoms with van der Waals surface area (Å²) >= 11 is 4.89. The molecule has 0 saturated carbocycles. The number of hydrogen-bond acceptors (Lipinski definition) is 7. The van der Waals surface area contributed by atoms with Gasteiger partial charge < -0.3 is 10.3 Å². The molecule has 3 heterocycles. The lowest BCUT2D eigenvalue weighted by molar-refractivity contribution is 0.430. The van der Waals surface area contributed by atoms with E-state index >= 15 is 0 Å². The van der Waals surface area contributed by atoms with Crippen LogP contribution in [0.1, 0.15) is 0 Å². The largest absolute Gasteiger partial charge is 0.366 e. The Hall–Kier alpha value is -1.74. The molecule has 3 aromatic rings. The van der Waals surface area contributed by atoms with Crippen LogP contribution in [0.5, 0.6) is 0 Å². The number of aromatic amines is 1. The highest BCUT2D eigenvalue weighted by Gasteiger charge is 2.14. The molecule has 0 amide bonds. The average molecular weight is 313 g/mol. The summed E-state index contributed by atoms with van der Waals surface area (Å²) in [4.78, 5) is 9.00. The maximum atomic E-state index is 5.39. The summed E-state index contributed by atoms with van der Waals surface area (Å²) in [5.74, 6) is 1.26. The number of anilines is 1. The second-order valence-electron chi connectivity index (χ2n) is 3.07. The van der Waals surface area contributed by atoms with Gasteiger partial charge in [0.25, 0.3) is 5.89 Å². The van der Waals surface area contributed by atoms with Crippen LogP contribution in [0.2, 0.25) is 0 Å². The van der Waals surface area contributed by atoms with Crippen LogP contribution in [-0.4, -0.2) is 25.3 Å². The Morgan fingerprint density at radius 2 is 2.24 bits per heavy atom. The smallest absolute Gasteiger partial charge is 0.295 e. The van der Waals surface area contributed by atoms with Gasteiger partial charge in [0, 0.05) is 0 Å². The molecule has 0 bridgehead atoms.